The molecule has 0 radical (unpaired) electrons. The number of benzene rings is 2. The molecule has 0 bridgehead atoms. The zero-order chi connectivity index (χ0) is 22.4. The summed E-state index contributed by atoms with van der Waals surface area (Å²) in [5.74, 6) is -1.18. The van der Waals surface area contributed by atoms with Crippen molar-refractivity contribution in [3.05, 3.63) is 52.4 Å². The summed E-state index contributed by atoms with van der Waals surface area (Å²) in [6.07, 6.45) is -6.73. The molecule has 1 saturated heterocycles. The van der Waals surface area contributed by atoms with E-state index in [0.717, 1.165) is 12.3 Å². The Kier molecular flexibility index (Phi) is 5.33. The Hall–Kier alpha value is -3.15. The normalized spacial score (nSPS) is 26.3. The largest absolute Gasteiger partial charge is 0.508 e. The van der Waals surface area contributed by atoms with Gasteiger partial charge in [-0.1, -0.05) is 12.1 Å². The van der Waals surface area contributed by atoms with Crippen LogP contribution in [0, 0.1) is 0 Å². The van der Waals surface area contributed by atoms with E-state index in [1.807, 2.05) is 0 Å². The maximum atomic E-state index is 13.1. The first-order valence-electron chi connectivity index (χ1n) is 9.34. The maximum absolute atomic E-state index is 13.1. The SMILES string of the molecule is O=c1c(-c2ccc(O)cc2)coc2c([C@@H]3O[C@H](CO)[C@H](O)[C@@H](O)[C@H]3O)c(O)cc(O)c12. The highest BCUT2D eigenvalue weighted by Crippen LogP contribution is 2.43. The summed E-state index contributed by atoms with van der Waals surface area (Å²) in [4.78, 5) is 13.1. The van der Waals surface area contributed by atoms with Crippen molar-refractivity contribution in [1.29, 1.82) is 0 Å². The van der Waals surface area contributed by atoms with Crippen LogP contribution in [0.15, 0.2) is 45.8 Å². The number of fused-ring (bicyclic) bond motifs is 1. The minimum Gasteiger partial charge on any atom is -0.508 e. The number of aliphatic hydroxyl groups excluding tert-OH is 4. The molecule has 2 aromatic carbocycles. The number of phenolic OH excluding ortho intramolecular Hbond substituents is 3. The van der Waals surface area contributed by atoms with E-state index >= 15 is 0 Å². The van der Waals surface area contributed by atoms with Crippen LogP contribution in [0.5, 0.6) is 17.2 Å². The van der Waals surface area contributed by atoms with Crippen molar-refractivity contribution in [3.63, 3.8) is 0 Å². The minimum atomic E-state index is -1.74. The van der Waals surface area contributed by atoms with Crippen LogP contribution in [0.25, 0.3) is 22.1 Å². The molecule has 10 nitrogen and oxygen atoms in total. The van der Waals surface area contributed by atoms with Gasteiger partial charge in [0.25, 0.3) is 0 Å². The molecular formula is C21H20O10. The number of aromatic hydroxyl groups is 3. The number of ether oxygens (including phenoxy) is 1. The van der Waals surface area contributed by atoms with Crippen molar-refractivity contribution in [1.82, 2.24) is 0 Å². The first-order valence-corrected chi connectivity index (χ1v) is 9.34. The van der Waals surface area contributed by atoms with E-state index in [-0.39, 0.29) is 27.8 Å². The Labute approximate surface area is 174 Å². The molecule has 4 rings (SSSR count). The summed E-state index contributed by atoms with van der Waals surface area (Å²) < 4.78 is 11.0. The molecule has 0 aliphatic carbocycles. The van der Waals surface area contributed by atoms with Crippen molar-refractivity contribution < 1.29 is 44.9 Å². The second-order valence-electron chi connectivity index (χ2n) is 7.31. The van der Waals surface area contributed by atoms with Gasteiger partial charge in [0.15, 0.2) is 5.58 Å². The van der Waals surface area contributed by atoms with E-state index < -0.39 is 54.1 Å². The molecule has 7 N–H and O–H groups in total. The number of hydrogen-bond acceptors (Lipinski definition) is 10. The molecule has 31 heavy (non-hydrogen) atoms. The Morgan fingerprint density at radius 3 is 2.23 bits per heavy atom. The van der Waals surface area contributed by atoms with Gasteiger partial charge >= 0.3 is 0 Å². The number of aliphatic hydroxyl groups is 4. The second kappa shape index (κ2) is 7.84. The van der Waals surface area contributed by atoms with E-state index in [1.54, 1.807) is 0 Å². The molecule has 1 fully saturated rings. The van der Waals surface area contributed by atoms with Crippen LogP contribution in [0.1, 0.15) is 11.7 Å². The average Bonchev–Trinajstić information content (AvgIpc) is 2.74. The molecule has 0 unspecified atom stereocenters. The van der Waals surface area contributed by atoms with Gasteiger partial charge in [-0.05, 0) is 17.7 Å². The summed E-state index contributed by atoms with van der Waals surface area (Å²) in [6, 6.07) is 6.56. The highest BCUT2D eigenvalue weighted by atomic mass is 16.5. The third kappa shape index (κ3) is 3.40. The molecule has 2 heterocycles. The predicted octanol–water partition coefficient (Wildman–Crippen LogP) is 0.0917. The first kappa shape index (κ1) is 21.1. The van der Waals surface area contributed by atoms with Gasteiger partial charge in [-0.25, -0.2) is 0 Å². The highest BCUT2D eigenvalue weighted by Gasteiger charge is 2.46. The second-order valence-corrected chi connectivity index (χ2v) is 7.31. The zero-order valence-corrected chi connectivity index (χ0v) is 15.9. The van der Waals surface area contributed by atoms with Crippen molar-refractivity contribution in [2.75, 3.05) is 6.61 Å². The molecule has 10 heteroatoms. The lowest BCUT2D eigenvalue weighted by Crippen LogP contribution is -2.55. The first-order chi connectivity index (χ1) is 14.7. The third-order valence-corrected chi connectivity index (χ3v) is 5.40. The summed E-state index contributed by atoms with van der Waals surface area (Å²) in [7, 11) is 0. The van der Waals surface area contributed by atoms with Gasteiger partial charge in [0, 0.05) is 6.07 Å². The Bertz CT molecular complexity index is 1170. The fourth-order valence-corrected chi connectivity index (χ4v) is 3.75. The van der Waals surface area contributed by atoms with Crippen LogP contribution >= 0.6 is 0 Å². The van der Waals surface area contributed by atoms with E-state index in [2.05, 4.69) is 0 Å². The predicted molar refractivity (Wildman–Crippen MR) is 106 cm³/mol. The lowest BCUT2D eigenvalue weighted by Gasteiger charge is -2.40. The molecular weight excluding hydrogens is 412 g/mol. The molecule has 0 saturated carbocycles. The van der Waals surface area contributed by atoms with Gasteiger partial charge in [0.05, 0.1) is 17.7 Å². The van der Waals surface area contributed by atoms with Crippen molar-refractivity contribution in [2.45, 2.75) is 30.5 Å². The molecule has 5 atom stereocenters. The lowest BCUT2D eigenvalue weighted by molar-refractivity contribution is -0.231. The van der Waals surface area contributed by atoms with Crippen LogP contribution in [0.4, 0.5) is 0 Å². The molecule has 1 aromatic heterocycles. The van der Waals surface area contributed by atoms with E-state index in [4.69, 9.17) is 9.15 Å². The van der Waals surface area contributed by atoms with Gasteiger partial charge in [-0.2, -0.15) is 0 Å². The smallest absolute Gasteiger partial charge is 0.204 e. The fraction of sp³-hybridized carbons (Fsp3) is 0.286. The van der Waals surface area contributed by atoms with E-state index in [9.17, 15) is 40.5 Å². The zero-order valence-electron chi connectivity index (χ0n) is 15.9. The van der Waals surface area contributed by atoms with Crippen LogP contribution in [0.3, 0.4) is 0 Å². The molecule has 0 spiro atoms. The lowest BCUT2D eigenvalue weighted by atomic mass is 9.89. The van der Waals surface area contributed by atoms with E-state index in [0.29, 0.717) is 5.56 Å². The van der Waals surface area contributed by atoms with Gasteiger partial charge in [0.1, 0.15) is 59.4 Å². The van der Waals surface area contributed by atoms with Crippen LogP contribution in [0.2, 0.25) is 0 Å². The molecule has 3 aromatic rings. The van der Waals surface area contributed by atoms with Gasteiger partial charge in [0.2, 0.25) is 5.43 Å². The molecule has 164 valence electrons. The van der Waals surface area contributed by atoms with E-state index in [1.165, 1.54) is 24.3 Å². The molecule has 1 aliphatic heterocycles. The van der Waals surface area contributed by atoms with Crippen molar-refractivity contribution >= 4 is 11.0 Å². The third-order valence-electron chi connectivity index (χ3n) is 5.40. The Morgan fingerprint density at radius 1 is 0.903 bits per heavy atom. The summed E-state index contributed by atoms with van der Waals surface area (Å²) in [5, 5.41) is 69.8. The maximum Gasteiger partial charge on any atom is 0.204 e. The molecule has 0 amide bonds. The minimum absolute atomic E-state index is 0.00778. The van der Waals surface area contributed by atoms with Crippen molar-refractivity contribution in [2.24, 2.45) is 0 Å². The highest BCUT2D eigenvalue weighted by molar-refractivity contribution is 5.91. The Balaban J connectivity index is 1.92. The summed E-state index contributed by atoms with van der Waals surface area (Å²) >= 11 is 0. The van der Waals surface area contributed by atoms with Crippen LogP contribution < -0.4 is 5.43 Å². The van der Waals surface area contributed by atoms with Crippen molar-refractivity contribution in [3.8, 4) is 28.4 Å². The quantitative estimate of drug-likeness (QED) is 0.300. The van der Waals surface area contributed by atoms with Gasteiger partial charge < -0.3 is 44.9 Å². The van der Waals surface area contributed by atoms with Crippen LogP contribution in [-0.2, 0) is 4.74 Å². The fourth-order valence-electron chi connectivity index (χ4n) is 3.75. The average molecular weight is 432 g/mol. The van der Waals surface area contributed by atoms with Crippen LogP contribution in [-0.4, -0.2) is 66.8 Å². The summed E-state index contributed by atoms with van der Waals surface area (Å²) in [6.45, 7) is -0.687. The number of phenols is 3. The molecule has 1 aliphatic rings. The van der Waals surface area contributed by atoms with Gasteiger partial charge in [-0.3, -0.25) is 4.79 Å². The summed E-state index contributed by atoms with van der Waals surface area (Å²) in [5.41, 5.74) is -0.729. The standard InChI is InChI=1S/C21H20O10/c22-6-13-17(27)18(28)19(29)21(31-13)15-12(25)5-11(24)14-16(26)10(7-30-20(14)15)8-1-3-9(23)4-2-8/h1-5,7,13,17-19,21-25,27-29H,6H2/t13-,17+,18-,19-,21+/m1/s1. The number of rotatable bonds is 3. The topological polar surface area (TPSA) is 181 Å². The number of hydrogen-bond donors (Lipinski definition) is 7. The Morgan fingerprint density at radius 2 is 1.58 bits per heavy atom. The van der Waals surface area contributed by atoms with Gasteiger partial charge in [-0.15, -0.1) is 0 Å². The monoisotopic (exact) mass is 432 g/mol.